The Morgan fingerprint density at radius 3 is 2.55 bits per heavy atom. The molecule has 0 radical (unpaired) electrons. The molecule has 0 atom stereocenters. The lowest BCUT2D eigenvalue weighted by Crippen LogP contribution is -2.39. The summed E-state index contributed by atoms with van der Waals surface area (Å²) in [6.07, 6.45) is 7.38. The molecule has 0 spiro atoms. The van der Waals surface area contributed by atoms with Crippen LogP contribution in [0.5, 0.6) is 5.75 Å². The summed E-state index contributed by atoms with van der Waals surface area (Å²) in [5, 5.41) is 9.09. The summed E-state index contributed by atoms with van der Waals surface area (Å²) in [5.74, 6) is 2.25. The highest BCUT2D eigenvalue weighted by Gasteiger charge is 2.21. The van der Waals surface area contributed by atoms with Crippen molar-refractivity contribution in [1.82, 2.24) is 19.9 Å². The lowest BCUT2D eigenvalue weighted by atomic mass is 10.00. The number of anilines is 3. The van der Waals surface area contributed by atoms with Crippen LogP contribution in [-0.2, 0) is 0 Å². The Balaban J connectivity index is 1.44. The summed E-state index contributed by atoms with van der Waals surface area (Å²) < 4.78 is 5.50. The van der Waals surface area contributed by atoms with E-state index in [0.717, 1.165) is 65.3 Å². The van der Waals surface area contributed by atoms with Crippen LogP contribution in [0.2, 0.25) is 0 Å². The Labute approximate surface area is 193 Å². The molecule has 2 aromatic heterocycles. The predicted molar refractivity (Wildman–Crippen MR) is 132 cm³/mol. The quantitative estimate of drug-likeness (QED) is 0.460. The fraction of sp³-hybridized carbons (Fsp3) is 0.280. The number of methoxy groups -OCH3 is 1. The molecule has 8 heteroatoms. The molecule has 1 saturated heterocycles. The van der Waals surface area contributed by atoms with Gasteiger partial charge in [0, 0.05) is 61.4 Å². The van der Waals surface area contributed by atoms with Crippen LogP contribution in [0.25, 0.3) is 22.0 Å². The van der Waals surface area contributed by atoms with E-state index in [-0.39, 0.29) is 0 Å². The van der Waals surface area contributed by atoms with Gasteiger partial charge in [0.05, 0.1) is 12.8 Å². The molecule has 5 rings (SSSR count). The molecule has 2 N–H and O–H groups in total. The Bertz CT molecular complexity index is 1240. The lowest BCUT2D eigenvalue weighted by molar-refractivity contribution is 0.415. The van der Waals surface area contributed by atoms with Crippen LogP contribution in [-0.4, -0.2) is 53.2 Å². The van der Waals surface area contributed by atoms with E-state index in [9.17, 15) is 0 Å². The van der Waals surface area contributed by atoms with Crippen molar-refractivity contribution in [3.8, 4) is 17.0 Å². The van der Waals surface area contributed by atoms with Crippen molar-refractivity contribution >= 4 is 28.4 Å². The number of fused-ring (bicyclic) bond motifs is 1. The first kappa shape index (κ1) is 20.9. The first-order valence-electron chi connectivity index (χ1n) is 11.1. The predicted octanol–water partition coefficient (Wildman–Crippen LogP) is 4.22. The highest BCUT2D eigenvalue weighted by Crippen LogP contribution is 2.34. The number of nitrogens with one attached hydrogen (secondary N) is 2. The molecule has 4 aromatic rings. The number of ether oxygens (including phenoxy) is 1. The minimum absolute atomic E-state index is 0.355. The van der Waals surface area contributed by atoms with E-state index >= 15 is 0 Å². The van der Waals surface area contributed by atoms with Gasteiger partial charge in [0.1, 0.15) is 5.75 Å². The van der Waals surface area contributed by atoms with Crippen molar-refractivity contribution in [2.45, 2.75) is 18.9 Å². The van der Waals surface area contributed by atoms with Crippen molar-refractivity contribution < 1.29 is 4.74 Å². The van der Waals surface area contributed by atoms with Crippen LogP contribution in [0.15, 0.2) is 61.1 Å². The van der Waals surface area contributed by atoms with Crippen LogP contribution in [0, 0.1) is 0 Å². The summed E-state index contributed by atoms with van der Waals surface area (Å²) in [5.41, 5.74) is 3.01. The van der Waals surface area contributed by atoms with E-state index in [2.05, 4.69) is 59.7 Å². The second-order valence-electron chi connectivity index (χ2n) is 8.08. The van der Waals surface area contributed by atoms with Crippen molar-refractivity contribution in [2.24, 2.45) is 0 Å². The Kier molecular flexibility index (Phi) is 5.89. The van der Waals surface area contributed by atoms with Crippen LogP contribution < -0.4 is 20.3 Å². The third-order valence-electron chi connectivity index (χ3n) is 6.03. The van der Waals surface area contributed by atoms with Gasteiger partial charge in [-0.15, -0.1) is 0 Å². The summed E-state index contributed by atoms with van der Waals surface area (Å²) in [7, 11) is 3.52. The molecular weight excluding hydrogens is 414 g/mol. The van der Waals surface area contributed by atoms with E-state index in [1.54, 1.807) is 25.7 Å². The molecule has 1 aliphatic rings. The number of nitrogens with zero attached hydrogens (tertiary/aromatic N) is 5. The van der Waals surface area contributed by atoms with Crippen molar-refractivity contribution in [1.29, 1.82) is 0 Å². The van der Waals surface area contributed by atoms with Gasteiger partial charge in [-0.25, -0.2) is 19.9 Å². The molecule has 0 unspecified atom stereocenters. The second-order valence-corrected chi connectivity index (χ2v) is 8.08. The molecular formula is C25H27N7O. The van der Waals surface area contributed by atoms with Crippen LogP contribution >= 0.6 is 0 Å². The van der Waals surface area contributed by atoms with Crippen LogP contribution in [0.1, 0.15) is 12.8 Å². The number of benzene rings is 2. The van der Waals surface area contributed by atoms with Gasteiger partial charge in [-0.3, -0.25) is 0 Å². The van der Waals surface area contributed by atoms with Crippen molar-refractivity contribution in [2.75, 3.05) is 42.8 Å². The smallest absolute Gasteiger partial charge is 0.225 e. The maximum Gasteiger partial charge on any atom is 0.225 e. The lowest BCUT2D eigenvalue weighted by Gasteiger charge is -2.33. The average Bonchev–Trinajstić information content (AvgIpc) is 2.89. The highest BCUT2D eigenvalue weighted by molar-refractivity contribution is 5.98. The summed E-state index contributed by atoms with van der Waals surface area (Å²) >= 11 is 0. The highest BCUT2D eigenvalue weighted by atomic mass is 16.5. The minimum atomic E-state index is 0.355. The molecule has 0 bridgehead atoms. The van der Waals surface area contributed by atoms with E-state index in [1.165, 1.54) is 0 Å². The Hall–Kier alpha value is -3.94. The molecule has 3 heterocycles. The molecule has 168 valence electrons. The van der Waals surface area contributed by atoms with E-state index < -0.39 is 0 Å². The summed E-state index contributed by atoms with van der Waals surface area (Å²) in [4.78, 5) is 19.9. The third kappa shape index (κ3) is 4.50. The molecule has 0 aliphatic carbocycles. The van der Waals surface area contributed by atoms with Gasteiger partial charge in [0.2, 0.25) is 11.9 Å². The number of hydrogen-bond donors (Lipinski definition) is 2. The second kappa shape index (κ2) is 9.28. The first-order valence-corrected chi connectivity index (χ1v) is 11.1. The summed E-state index contributed by atoms with van der Waals surface area (Å²) in [6, 6.07) is 14.7. The number of aromatic nitrogens is 4. The van der Waals surface area contributed by atoms with Gasteiger partial charge < -0.3 is 20.3 Å². The van der Waals surface area contributed by atoms with E-state index in [4.69, 9.17) is 4.74 Å². The zero-order valence-corrected chi connectivity index (χ0v) is 18.8. The van der Waals surface area contributed by atoms with Gasteiger partial charge in [-0.1, -0.05) is 6.07 Å². The van der Waals surface area contributed by atoms with Gasteiger partial charge in [0.25, 0.3) is 0 Å². The third-order valence-corrected chi connectivity index (χ3v) is 6.03. The van der Waals surface area contributed by atoms with Gasteiger partial charge in [-0.05, 0) is 54.6 Å². The van der Waals surface area contributed by atoms with Crippen molar-refractivity contribution in [3.63, 3.8) is 0 Å². The minimum Gasteiger partial charge on any atom is -0.497 e. The van der Waals surface area contributed by atoms with Crippen LogP contribution in [0.4, 0.5) is 17.6 Å². The first-order chi connectivity index (χ1) is 16.2. The van der Waals surface area contributed by atoms with Crippen molar-refractivity contribution in [3.05, 3.63) is 61.1 Å². The van der Waals surface area contributed by atoms with Gasteiger partial charge in [0.15, 0.2) is 0 Å². The fourth-order valence-corrected chi connectivity index (χ4v) is 4.27. The topological polar surface area (TPSA) is 88.1 Å². The van der Waals surface area contributed by atoms with E-state index in [0.29, 0.717) is 12.0 Å². The van der Waals surface area contributed by atoms with Crippen LogP contribution in [0.3, 0.4) is 0 Å². The maximum atomic E-state index is 5.50. The average molecular weight is 442 g/mol. The normalized spacial score (nSPS) is 14.3. The Morgan fingerprint density at radius 2 is 1.79 bits per heavy atom. The zero-order chi connectivity index (χ0) is 22.6. The van der Waals surface area contributed by atoms with Gasteiger partial charge >= 0.3 is 0 Å². The van der Waals surface area contributed by atoms with E-state index in [1.807, 2.05) is 25.2 Å². The molecule has 0 amide bonds. The maximum absolute atomic E-state index is 5.50. The van der Waals surface area contributed by atoms with Gasteiger partial charge in [-0.2, -0.15) is 0 Å². The SMILES string of the molecule is CNc1nccc(-c2cc(NC3CCN(c4ncccn4)CC3)c3cc(OC)ccc3c2)n1. The zero-order valence-electron chi connectivity index (χ0n) is 18.8. The molecule has 1 aliphatic heterocycles. The monoisotopic (exact) mass is 441 g/mol. The summed E-state index contributed by atoms with van der Waals surface area (Å²) in [6.45, 7) is 1.83. The standard InChI is InChI=1S/C25H27N7O/c1-26-24-27-11-6-22(31-24)18-14-17-4-5-20(33-2)16-21(17)23(15-18)30-19-7-12-32(13-8-19)25-28-9-3-10-29-25/h3-6,9-11,14-16,19,30H,7-8,12-13H2,1-2H3,(H,26,27,31). The molecule has 33 heavy (non-hydrogen) atoms. The largest absolute Gasteiger partial charge is 0.497 e. The number of rotatable bonds is 6. The number of hydrogen-bond acceptors (Lipinski definition) is 8. The molecule has 1 fully saturated rings. The fourth-order valence-electron chi connectivity index (χ4n) is 4.27. The molecule has 2 aromatic carbocycles. The molecule has 0 saturated carbocycles. The Morgan fingerprint density at radius 1 is 0.970 bits per heavy atom. The number of piperidine rings is 1. The molecule has 8 nitrogen and oxygen atoms in total.